The smallest absolute Gasteiger partial charge is 0.129 e. The van der Waals surface area contributed by atoms with Crippen LogP contribution >= 0.6 is 11.6 Å². The molecule has 0 aliphatic heterocycles. The molecule has 6 nitrogen and oxygen atoms in total. The van der Waals surface area contributed by atoms with Gasteiger partial charge >= 0.3 is 0 Å². The number of aromatic nitrogens is 2. The SMILES string of the molecule is COc1ccc(S(=O)(=O)[N-]c2cnn(Cc3c(F)cccc3Cl)c2)cc1. The summed E-state index contributed by atoms with van der Waals surface area (Å²) in [6, 6.07) is 10.2. The number of halogens is 2. The van der Waals surface area contributed by atoms with Crippen molar-refractivity contribution in [3.63, 3.8) is 0 Å². The Morgan fingerprint density at radius 1 is 1.23 bits per heavy atom. The Bertz CT molecular complexity index is 1000. The van der Waals surface area contributed by atoms with Crippen LogP contribution in [0.5, 0.6) is 5.75 Å². The lowest BCUT2D eigenvalue weighted by atomic mass is 10.2. The molecular weight excluding hydrogens is 381 g/mol. The minimum atomic E-state index is -3.90. The third-order valence-corrected chi connectivity index (χ3v) is 5.26. The average Bonchev–Trinajstić information content (AvgIpc) is 3.05. The van der Waals surface area contributed by atoms with Gasteiger partial charge in [-0.05, 0) is 36.4 Å². The number of nitrogens with zero attached hydrogens (tertiary/aromatic N) is 3. The third kappa shape index (κ3) is 3.97. The molecule has 0 bridgehead atoms. The summed E-state index contributed by atoms with van der Waals surface area (Å²) in [5.74, 6) is 0.0795. The van der Waals surface area contributed by atoms with Gasteiger partial charge in [0.1, 0.15) is 21.6 Å². The van der Waals surface area contributed by atoms with Crippen LogP contribution in [0.2, 0.25) is 5.02 Å². The van der Waals surface area contributed by atoms with E-state index in [0.717, 1.165) is 0 Å². The monoisotopic (exact) mass is 394 g/mol. The first-order valence-corrected chi connectivity index (χ1v) is 9.28. The van der Waals surface area contributed by atoms with Gasteiger partial charge in [-0.15, -0.1) is 0 Å². The highest BCUT2D eigenvalue weighted by Gasteiger charge is 2.09. The van der Waals surface area contributed by atoms with Gasteiger partial charge in [0.2, 0.25) is 0 Å². The molecule has 26 heavy (non-hydrogen) atoms. The van der Waals surface area contributed by atoms with Gasteiger partial charge in [0.05, 0.1) is 18.6 Å². The molecule has 0 atom stereocenters. The molecule has 136 valence electrons. The molecule has 0 N–H and O–H groups in total. The van der Waals surface area contributed by atoms with E-state index in [1.807, 2.05) is 0 Å². The Balaban J connectivity index is 1.77. The van der Waals surface area contributed by atoms with Gasteiger partial charge in [-0.1, -0.05) is 23.4 Å². The van der Waals surface area contributed by atoms with Crippen molar-refractivity contribution in [2.45, 2.75) is 11.4 Å². The number of ether oxygens (including phenoxy) is 1. The fourth-order valence-corrected chi connectivity index (χ4v) is 3.45. The van der Waals surface area contributed by atoms with Gasteiger partial charge in [-0.25, -0.2) is 12.8 Å². The van der Waals surface area contributed by atoms with E-state index in [0.29, 0.717) is 5.75 Å². The van der Waals surface area contributed by atoms with E-state index in [9.17, 15) is 12.8 Å². The number of methoxy groups -OCH3 is 1. The minimum absolute atomic E-state index is 0.0307. The largest absolute Gasteiger partial charge is 0.570 e. The molecule has 1 aromatic heterocycles. The van der Waals surface area contributed by atoms with Gasteiger partial charge in [0.25, 0.3) is 0 Å². The topological polar surface area (TPSA) is 75.3 Å². The Morgan fingerprint density at radius 3 is 2.62 bits per heavy atom. The van der Waals surface area contributed by atoms with E-state index >= 15 is 0 Å². The van der Waals surface area contributed by atoms with Crippen LogP contribution in [0.4, 0.5) is 10.1 Å². The van der Waals surface area contributed by atoms with Crippen molar-refractivity contribution >= 4 is 27.3 Å². The van der Waals surface area contributed by atoms with Crippen molar-refractivity contribution in [1.82, 2.24) is 9.78 Å². The molecule has 0 aliphatic rings. The molecule has 0 aliphatic carbocycles. The van der Waals surface area contributed by atoms with Gasteiger partial charge in [-0.3, -0.25) is 4.68 Å². The second-order valence-electron chi connectivity index (χ2n) is 5.34. The number of sulfonamides is 1. The van der Waals surface area contributed by atoms with Gasteiger partial charge in [-0.2, -0.15) is 5.10 Å². The van der Waals surface area contributed by atoms with Gasteiger partial charge in [0.15, 0.2) is 0 Å². The summed E-state index contributed by atoms with van der Waals surface area (Å²) in [5.41, 5.74) is 0.398. The van der Waals surface area contributed by atoms with Crippen molar-refractivity contribution in [3.05, 3.63) is 76.0 Å². The molecule has 3 aromatic rings. The number of benzene rings is 2. The highest BCUT2D eigenvalue weighted by molar-refractivity contribution is 7.94. The summed E-state index contributed by atoms with van der Waals surface area (Å²) >= 11 is 5.99. The maximum atomic E-state index is 13.8. The molecule has 0 spiro atoms. The zero-order valence-electron chi connectivity index (χ0n) is 13.6. The quantitative estimate of drug-likeness (QED) is 0.630. The molecule has 1 heterocycles. The minimum Gasteiger partial charge on any atom is -0.570 e. The molecule has 0 saturated heterocycles. The molecular formula is C17H14ClFN3O3S-. The highest BCUT2D eigenvalue weighted by atomic mass is 35.5. The third-order valence-electron chi connectivity index (χ3n) is 3.58. The molecule has 0 unspecified atom stereocenters. The summed E-state index contributed by atoms with van der Waals surface area (Å²) in [4.78, 5) is 0.0307. The average molecular weight is 395 g/mol. The summed E-state index contributed by atoms with van der Waals surface area (Å²) in [5, 5.41) is 4.28. The first kappa shape index (κ1) is 18.2. The number of hydrogen-bond acceptors (Lipinski definition) is 4. The Hall–Kier alpha value is -2.58. The molecule has 0 fully saturated rings. The zero-order chi connectivity index (χ0) is 18.7. The van der Waals surface area contributed by atoms with Crippen LogP contribution in [-0.2, 0) is 16.6 Å². The van der Waals surface area contributed by atoms with Crippen LogP contribution < -0.4 is 4.74 Å². The maximum absolute atomic E-state index is 13.8. The predicted molar refractivity (Wildman–Crippen MR) is 95.9 cm³/mol. The molecule has 0 saturated carbocycles. The van der Waals surface area contributed by atoms with Crippen LogP contribution in [0.25, 0.3) is 4.72 Å². The normalized spacial score (nSPS) is 11.3. The lowest BCUT2D eigenvalue weighted by molar-refractivity contribution is 0.414. The summed E-state index contributed by atoms with van der Waals surface area (Å²) in [6.07, 6.45) is 2.69. The fourth-order valence-electron chi connectivity index (χ4n) is 2.27. The lowest BCUT2D eigenvalue weighted by Gasteiger charge is -2.19. The first-order chi connectivity index (χ1) is 12.4. The van der Waals surface area contributed by atoms with Crippen LogP contribution in [0.3, 0.4) is 0 Å². The molecule has 0 amide bonds. The van der Waals surface area contributed by atoms with Crippen LogP contribution in [0.15, 0.2) is 59.8 Å². The van der Waals surface area contributed by atoms with Gasteiger partial charge in [0, 0.05) is 23.0 Å². The molecule has 3 rings (SSSR count). The van der Waals surface area contributed by atoms with E-state index in [-0.39, 0.29) is 27.7 Å². The summed E-state index contributed by atoms with van der Waals surface area (Å²) in [7, 11) is -2.41. The van der Waals surface area contributed by atoms with E-state index in [4.69, 9.17) is 16.3 Å². The van der Waals surface area contributed by atoms with Crippen molar-refractivity contribution < 1.29 is 17.5 Å². The van der Waals surface area contributed by atoms with Crippen molar-refractivity contribution in [2.75, 3.05) is 7.11 Å². The van der Waals surface area contributed by atoms with E-state index in [1.54, 1.807) is 6.07 Å². The van der Waals surface area contributed by atoms with Crippen molar-refractivity contribution in [3.8, 4) is 5.75 Å². The van der Waals surface area contributed by atoms with Crippen molar-refractivity contribution in [1.29, 1.82) is 0 Å². The number of rotatable bonds is 6. The zero-order valence-corrected chi connectivity index (χ0v) is 15.2. The summed E-state index contributed by atoms with van der Waals surface area (Å²) in [6.45, 7) is 0.0591. The molecule has 9 heteroatoms. The number of hydrogen-bond donors (Lipinski definition) is 0. The maximum Gasteiger partial charge on any atom is 0.129 e. The second-order valence-corrected chi connectivity index (χ2v) is 7.35. The van der Waals surface area contributed by atoms with Crippen LogP contribution in [-0.4, -0.2) is 25.3 Å². The Labute approximate surface area is 155 Å². The van der Waals surface area contributed by atoms with E-state index in [1.165, 1.54) is 60.6 Å². The highest BCUT2D eigenvalue weighted by Crippen LogP contribution is 2.28. The predicted octanol–water partition coefficient (Wildman–Crippen LogP) is 4.13. The van der Waals surface area contributed by atoms with E-state index in [2.05, 4.69) is 9.82 Å². The lowest BCUT2D eigenvalue weighted by Crippen LogP contribution is -2.03. The van der Waals surface area contributed by atoms with Crippen LogP contribution in [0, 0.1) is 5.82 Å². The van der Waals surface area contributed by atoms with Gasteiger partial charge < -0.3 is 9.46 Å². The Morgan fingerprint density at radius 2 is 1.96 bits per heavy atom. The van der Waals surface area contributed by atoms with Crippen LogP contribution in [0.1, 0.15) is 5.56 Å². The second kappa shape index (κ2) is 7.35. The Kier molecular flexibility index (Phi) is 5.15. The van der Waals surface area contributed by atoms with E-state index < -0.39 is 15.8 Å². The standard InChI is InChI=1S/C17H14ClFN3O3S/c1-25-13-5-7-14(8-6-13)26(23,24)21-12-9-20-22(10-12)11-15-16(18)3-2-4-17(15)19/h2-10H,11H2,1H3/q-1. The van der Waals surface area contributed by atoms with Crippen molar-refractivity contribution in [2.24, 2.45) is 0 Å². The first-order valence-electron chi connectivity index (χ1n) is 7.46. The summed E-state index contributed by atoms with van der Waals surface area (Å²) < 4.78 is 48.7. The molecule has 2 aromatic carbocycles. The molecule has 0 radical (unpaired) electrons. The fraction of sp³-hybridized carbons (Fsp3) is 0.118.